The Morgan fingerprint density at radius 3 is 2.72 bits per heavy atom. The van der Waals surface area contributed by atoms with Crippen molar-refractivity contribution in [3.05, 3.63) is 29.4 Å². The maximum absolute atomic E-state index is 8.96. The maximum atomic E-state index is 8.96. The molecule has 0 fully saturated rings. The smallest absolute Gasteiger partial charge is 0.229 e. The third kappa shape index (κ3) is 2.06. The van der Waals surface area contributed by atoms with Crippen LogP contribution in [-0.4, -0.2) is 19.7 Å². The largest absolute Gasteiger partial charge is 0.339 e. The number of nitrogens with zero attached hydrogens (tertiary/aromatic N) is 6. The highest BCUT2D eigenvalue weighted by atomic mass is 16.5. The molecule has 7 heteroatoms. The second-order valence-corrected chi connectivity index (χ2v) is 4.00. The minimum absolute atomic E-state index is 0.102. The topological polar surface area (TPSA) is 104 Å². The van der Waals surface area contributed by atoms with Crippen LogP contribution in [0.15, 0.2) is 10.9 Å². The first-order valence-corrected chi connectivity index (χ1v) is 5.33. The van der Waals surface area contributed by atoms with Gasteiger partial charge in [0.15, 0.2) is 17.2 Å². The van der Waals surface area contributed by atoms with E-state index in [1.807, 2.05) is 26.0 Å². The van der Waals surface area contributed by atoms with Gasteiger partial charge in [0.05, 0.1) is 12.9 Å². The molecule has 0 unspecified atom stereocenters. The highest BCUT2D eigenvalue weighted by Gasteiger charge is 2.14. The summed E-state index contributed by atoms with van der Waals surface area (Å²) in [5.74, 6) is 1.15. The summed E-state index contributed by atoms with van der Waals surface area (Å²) in [6, 6.07) is 3.79. The van der Waals surface area contributed by atoms with E-state index in [-0.39, 0.29) is 23.9 Å². The normalized spacial score (nSPS) is 10.3. The third-order valence-electron chi connectivity index (χ3n) is 2.34. The number of nitriles is 2. The molecule has 0 amide bonds. The van der Waals surface area contributed by atoms with Gasteiger partial charge in [-0.15, -0.1) is 0 Å². The molecule has 0 atom stereocenters. The fraction of sp³-hybridized carbons (Fsp3) is 0.364. The van der Waals surface area contributed by atoms with Gasteiger partial charge in [-0.25, -0.2) is 4.98 Å². The summed E-state index contributed by atoms with van der Waals surface area (Å²) in [5, 5.41) is 21.6. The highest BCUT2D eigenvalue weighted by molar-refractivity contribution is 5.36. The maximum Gasteiger partial charge on any atom is 0.229 e. The van der Waals surface area contributed by atoms with Crippen molar-refractivity contribution in [3.8, 4) is 12.1 Å². The van der Waals surface area contributed by atoms with E-state index >= 15 is 0 Å². The average Bonchev–Trinajstić information content (AvgIpc) is 2.95. The molecule has 2 aromatic rings. The van der Waals surface area contributed by atoms with Crippen molar-refractivity contribution in [2.45, 2.75) is 26.3 Å². The Hall–Kier alpha value is -2.67. The van der Waals surface area contributed by atoms with Crippen LogP contribution in [0.2, 0.25) is 0 Å². The number of imidazole rings is 1. The standard InChI is InChI=1S/C11H10N6O/c1-7(2)11-15-10(16-18-11)5-17-6-14-8(3-12)9(17)4-13/h6-7H,5H2,1-2H3. The molecular formula is C11H10N6O. The molecule has 0 saturated heterocycles. The van der Waals surface area contributed by atoms with Gasteiger partial charge in [0.1, 0.15) is 12.1 Å². The lowest BCUT2D eigenvalue weighted by atomic mass is 10.2. The van der Waals surface area contributed by atoms with E-state index < -0.39 is 0 Å². The molecule has 0 aliphatic rings. The lowest BCUT2D eigenvalue weighted by Gasteiger charge is -1.97. The van der Waals surface area contributed by atoms with Crippen molar-refractivity contribution < 1.29 is 4.52 Å². The molecular weight excluding hydrogens is 232 g/mol. The Balaban J connectivity index is 2.27. The summed E-state index contributed by atoms with van der Waals surface area (Å²) in [7, 11) is 0. The van der Waals surface area contributed by atoms with Crippen LogP contribution in [0.3, 0.4) is 0 Å². The fourth-order valence-electron chi connectivity index (χ4n) is 1.42. The Morgan fingerprint density at radius 1 is 1.39 bits per heavy atom. The van der Waals surface area contributed by atoms with Crippen molar-refractivity contribution >= 4 is 0 Å². The summed E-state index contributed by atoms with van der Waals surface area (Å²) in [4.78, 5) is 8.03. The summed E-state index contributed by atoms with van der Waals surface area (Å²) >= 11 is 0. The van der Waals surface area contributed by atoms with Gasteiger partial charge >= 0.3 is 0 Å². The molecule has 2 rings (SSSR count). The van der Waals surface area contributed by atoms with Crippen molar-refractivity contribution in [1.82, 2.24) is 19.7 Å². The molecule has 90 valence electrons. The fourth-order valence-corrected chi connectivity index (χ4v) is 1.42. The van der Waals surface area contributed by atoms with Gasteiger partial charge < -0.3 is 9.09 Å². The van der Waals surface area contributed by atoms with Crippen molar-refractivity contribution in [2.24, 2.45) is 0 Å². The molecule has 0 aliphatic carbocycles. The van der Waals surface area contributed by atoms with Crippen molar-refractivity contribution in [1.29, 1.82) is 10.5 Å². The number of rotatable bonds is 3. The van der Waals surface area contributed by atoms with Gasteiger partial charge in [-0.3, -0.25) is 0 Å². The predicted molar refractivity (Wildman–Crippen MR) is 59.1 cm³/mol. The number of hydrogen-bond acceptors (Lipinski definition) is 6. The molecule has 0 aromatic carbocycles. The first-order chi connectivity index (χ1) is 8.65. The second kappa shape index (κ2) is 4.68. The molecule has 0 saturated carbocycles. The summed E-state index contributed by atoms with van der Waals surface area (Å²) in [5.41, 5.74) is 0.304. The first-order valence-electron chi connectivity index (χ1n) is 5.33. The molecule has 0 aliphatic heterocycles. The van der Waals surface area contributed by atoms with Gasteiger partial charge in [0.25, 0.3) is 0 Å². The van der Waals surface area contributed by atoms with Crippen LogP contribution < -0.4 is 0 Å². The molecule has 2 heterocycles. The quantitative estimate of drug-likeness (QED) is 0.800. The van der Waals surface area contributed by atoms with Crippen LogP contribution in [0.1, 0.15) is 42.9 Å². The van der Waals surface area contributed by atoms with Gasteiger partial charge in [0, 0.05) is 5.92 Å². The van der Waals surface area contributed by atoms with E-state index in [9.17, 15) is 0 Å². The Labute approximate surface area is 103 Å². The van der Waals surface area contributed by atoms with Crippen LogP contribution >= 0.6 is 0 Å². The van der Waals surface area contributed by atoms with Gasteiger partial charge in [-0.2, -0.15) is 15.5 Å². The molecule has 2 aromatic heterocycles. The molecule has 0 radical (unpaired) electrons. The highest BCUT2D eigenvalue weighted by Crippen LogP contribution is 2.12. The van der Waals surface area contributed by atoms with E-state index in [0.717, 1.165) is 0 Å². The Morgan fingerprint density at radius 2 is 2.17 bits per heavy atom. The van der Waals surface area contributed by atoms with Crippen LogP contribution in [0.25, 0.3) is 0 Å². The van der Waals surface area contributed by atoms with E-state index in [1.54, 1.807) is 0 Å². The zero-order valence-corrected chi connectivity index (χ0v) is 9.95. The van der Waals surface area contributed by atoms with Crippen LogP contribution in [0.4, 0.5) is 0 Å². The van der Waals surface area contributed by atoms with Gasteiger partial charge in [0.2, 0.25) is 5.89 Å². The lowest BCUT2D eigenvalue weighted by molar-refractivity contribution is 0.360. The first kappa shape index (κ1) is 11.8. The van der Waals surface area contributed by atoms with Crippen LogP contribution in [0, 0.1) is 22.7 Å². The summed E-state index contributed by atoms with van der Waals surface area (Å²) < 4.78 is 6.58. The monoisotopic (exact) mass is 242 g/mol. The van der Waals surface area contributed by atoms with Crippen molar-refractivity contribution in [2.75, 3.05) is 0 Å². The zero-order chi connectivity index (χ0) is 13.1. The average molecular weight is 242 g/mol. The van der Waals surface area contributed by atoms with E-state index in [2.05, 4.69) is 15.1 Å². The lowest BCUT2D eigenvalue weighted by Crippen LogP contribution is -2.03. The number of hydrogen-bond donors (Lipinski definition) is 0. The summed E-state index contributed by atoms with van der Waals surface area (Å²) in [6.45, 7) is 4.15. The zero-order valence-electron chi connectivity index (χ0n) is 9.95. The van der Waals surface area contributed by atoms with E-state index in [1.165, 1.54) is 10.9 Å². The molecule has 0 N–H and O–H groups in total. The minimum atomic E-state index is 0.102. The minimum Gasteiger partial charge on any atom is -0.339 e. The van der Waals surface area contributed by atoms with Crippen LogP contribution in [0.5, 0.6) is 0 Å². The van der Waals surface area contributed by atoms with Crippen molar-refractivity contribution in [3.63, 3.8) is 0 Å². The van der Waals surface area contributed by atoms with E-state index in [0.29, 0.717) is 11.7 Å². The Kier molecular flexibility index (Phi) is 3.07. The third-order valence-corrected chi connectivity index (χ3v) is 2.34. The summed E-state index contributed by atoms with van der Waals surface area (Å²) in [6.07, 6.45) is 1.42. The van der Waals surface area contributed by atoms with Gasteiger partial charge in [-0.1, -0.05) is 19.0 Å². The Bertz CT molecular complexity index is 639. The number of aromatic nitrogens is 4. The predicted octanol–water partition coefficient (Wildman–Crippen LogP) is 1.18. The molecule has 18 heavy (non-hydrogen) atoms. The van der Waals surface area contributed by atoms with E-state index in [4.69, 9.17) is 15.0 Å². The molecule has 7 nitrogen and oxygen atoms in total. The molecule has 0 bridgehead atoms. The SMILES string of the molecule is CC(C)c1nc(Cn2cnc(C#N)c2C#N)no1. The second-order valence-electron chi connectivity index (χ2n) is 4.00. The van der Waals surface area contributed by atoms with Crippen LogP contribution in [-0.2, 0) is 6.54 Å². The van der Waals surface area contributed by atoms with Gasteiger partial charge in [-0.05, 0) is 0 Å². The molecule has 0 spiro atoms.